The van der Waals surface area contributed by atoms with Gasteiger partial charge in [0, 0.05) is 12.2 Å². The van der Waals surface area contributed by atoms with Crippen LogP contribution in [0, 0.1) is 23.2 Å². The quantitative estimate of drug-likeness (QED) is 0.315. The Morgan fingerprint density at radius 1 is 1.11 bits per heavy atom. The highest BCUT2D eigenvalue weighted by Gasteiger charge is 2.66. The van der Waals surface area contributed by atoms with Gasteiger partial charge in [-0.1, -0.05) is 31.5 Å². The SMILES string of the molecule is Cc1c(-c2cccc(C(=O)OC(C)(C)C)n2)c(Cl)nn1CC12CC3(C)CC(C)(C1)CC(OCC=O)(C3)C2. The predicted molar refractivity (Wildman–Crippen MR) is 141 cm³/mol. The molecule has 0 aromatic carbocycles. The van der Waals surface area contributed by atoms with Crippen LogP contribution >= 0.6 is 11.6 Å². The molecule has 0 radical (unpaired) electrons. The number of nitrogens with zero attached hydrogens (tertiary/aromatic N) is 3. The Bertz CT molecular complexity index is 1230. The van der Waals surface area contributed by atoms with Crippen LogP contribution < -0.4 is 0 Å². The normalized spacial score (nSPS) is 32.5. The number of hydrogen-bond donors (Lipinski definition) is 0. The van der Waals surface area contributed by atoms with Crippen molar-refractivity contribution in [1.29, 1.82) is 0 Å². The molecule has 37 heavy (non-hydrogen) atoms. The van der Waals surface area contributed by atoms with E-state index in [0.717, 1.165) is 56.2 Å². The van der Waals surface area contributed by atoms with E-state index in [0.29, 0.717) is 10.8 Å². The summed E-state index contributed by atoms with van der Waals surface area (Å²) in [5.74, 6) is -0.466. The lowest BCUT2D eigenvalue weighted by Gasteiger charge is -2.69. The number of carbonyl (C=O) groups is 2. The third-order valence-electron chi connectivity index (χ3n) is 8.37. The first-order chi connectivity index (χ1) is 17.2. The van der Waals surface area contributed by atoms with E-state index < -0.39 is 11.6 Å². The summed E-state index contributed by atoms with van der Waals surface area (Å²) in [6.07, 6.45) is 7.24. The maximum atomic E-state index is 12.6. The highest BCUT2D eigenvalue weighted by molar-refractivity contribution is 6.32. The molecule has 2 aromatic rings. The number of ether oxygens (including phenoxy) is 2. The third-order valence-corrected chi connectivity index (χ3v) is 8.64. The summed E-state index contributed by atoms with van der Waals surface area (Å²) in [5.41, 5.74) is 2.03. The molecule has 0 amide bonds. The van der Waals surface area contributed by atoms with Crippen molar-refractivity contribution in [3.05, 3.63) is 34.7 Å². The number of hydrogen-bond acceptors (Lipinski definition) is 6. The highest BCUT2D eigenvalue weighted by atomic mass is 35.5. The van der Waals surface area contributed by atoms with Gasteiger partial charge in [0.05, 0.1) is 16.9 Å². The van der Waals surface area contributed by atoms with Crippen molar-refractivity contribution in [2.75, 3.05) is 6.61 Å². The molecule has 0 N–H and O–H groups in total. The second-order valence-electron chi connectivity index (χ2n) is 13.7. The Balaban J connectivity index is 1.46. The number of carbonyl (C=O) groups excluding carboxylic acids is 2. The maximum Gasteiger partial charge on any atom is 0.357 e. The zero-order chi connectivity index (χ0) is 26.9. The Hall–Kier alpha value is -2.25. The number of pyridine rings is 1. The van der Waals surface area contributed by atoms with Crippen LogP contribution in [0.5, 0.6) is 0 Å². The van der Waals surface area contributed by atoms with E-state index >= 15 is 0 Å². The molecule has 8 heteroatoms. The van der Waals surface area contributed by atoms with Gasteiger partial charge in [-0.25, -0.2) is 9.78 Å². The van der Waals surface area contributed by atoms with Gasteiger partial charge in [-0.3, -0.25) is 4.68 Å². The second-order valence-corrected chi connectivity index (χ2v) is 14.0. The molecule has 2 aromatic heterocycles. The molecule has 0 spiro atoms. The summed E-state index contributed by atoms with van der Waals surface area (Å²) in [6, 6.07) is 5.30. The van der Waals surface area contributed by atoms with Gasteiger partial charge in [0.15, 0.2) is 5.15 Å². The van der Waals surface area contributed by atoms with E-state index in [1.165, 1.54) is 6.42 Å². The van der Waals surface area contributed by atoms with Crippen LogP contribution in [-0.2, 0) is 20.8 Å². The molecule has 4 saturated carbocycles. The zero-order valence-electron chi connectivity index (χ0n) is 22.8. The van der Waals surface area contributed by atoms with Gasteiger partial charge in [0.1, 0.15) is 24.2 Å². The van der Waals surface area contributed by atoms with E-state index in [2.05, 4.69) is 18.8 Å². The lowest BCUT2D eigenvalue weighted by atomic mass is 9.39. The molecule has 2 unspecified atom stereocenters. The van der Waals surface area contributed by atoms with Gasteiger partial charge in [-0.05, 0) is 94.6 Å². The number of rotatable bonds is 7. The summed E-state index contributed by atoms with van der Waals surface area (Å²) in [7, 11) is 0. The third kappa shape index (κ3) is 4.97. The molecule has 2 atom stereocenters. The summed E-state index contributed by atoms with van der Waals surface area (Å²) in [4.78, 5) is 28.4. The first kappa shape index (κ1) is 26.4. The van der Waals surface area contributed by atoms with Crippen molar-refractivity contribution in [1.82, 2.24) is 14.8 Å². The van der Waals surface area contributed by atoms with Gasteiger partial charge >= 0.3 is 5.97 Å². The maximum absolute atomic E-state index is 12.6. The molecule has 4 bridgehead atoms. The largest absolute Gasteiger partial charge is 0.455 e. The van der Waals surface area contributed by atoms with E-state index in [1.807, 2.05) is 38.4 Å². The van der Waals surface area contributed by atoms with Crippen molar-refractivity contribution in [2.45, 2.75) is 97.8 Å². The van der Waals surface area contributed by atoms with Gasteiger partial charge in [0.2, 0.25) is 0 Å². The van der Waals surface area contributed by atoms with E-state index in [1.54, 1.807) is 12.1 Å². The van der Waals surface area contributed by atoms with Crippen molar-refractivity contribution >= 4 is 23.9 Å². The Morgan fingerprint density at radius 2 is 1.78 bits per heavy atom. The fourth-order valence-electron chi connectivity index (χ4n) is 8.65. The lowest BCUT2D eigenvalue weighted by Crippen LogP contribution is -2.64. The molecule has 0 aliphatic heterocycles. The Labute approximate surface area is 224 Å². The number of halogens is 1. The first-order valence-corrected chi connectivity index (χ1v) is 13.6. The molecular weight excluding hydrogens is 490 g/mol. The summed E-state index contributed by atoms with van der Waals surface area (Å²) >= 11 is 6.71. The molecule has 0 saturated heterocycles. The molecule has 6 rings (SSSR count). The monoisotopic (exact) mass is 527 g/mol. The topological polar surface area (TPSA) is 83.3 Å². The van der Waals surface area contributed by atoms with E-state index in [-0.39, 0.29) is 34.1 Å². The second kappa shape index (κ2) is 8.63. The average molecular weight is 528 g/mol. The smallest absolute Gasteiger partial charge is 0.357 e. The number of aromatic nitrogens is 3. The van der Waals surface area contributed by atoms with Crippen molar-refractivity contribution < 1.29 is 19.1 Å². The zero-order valence-corrected chi connectivity index (χ0v) is 23.6. The fourth-order valence-corrected chi connectivity index (χ4v) is 8.98. The minimum absolute atomic E-state index is 0.0182. The molecular formula is C29H38ClN3O4. The van der Waals surface area contributed by atoms with Crippen molar-refractivity contribution in [3.63, 3.8) is 0 Å². The van der Waals surface area contributed by atoms with Crippen LogP contribution in [0.1, 0.15) is 89.3 Å². The molecule has 200 valence electrons. The fraction of sp³-hybridized carbons (Fsp3) is 0.655. The molecule has 4 aliphatic rings. The van der Waals surface area contributed by atoms with Crippen LogP contribution in [0.25, 0.3) is 11.3 Å². The van der Waals surface area contributed by atoms with Gasteiger partial charge in [-0.15, -0.1) is 0 Å². The van der Waals surface area contributed by atoms with Crippen LogP contribution in [0.15, 0.2) is 18.2 Å². The van der Waals surface area contributed by atoms with Crippen LogP contribution in [-0.4, -0.2) is 44.8 Å². The first-order valence-electron chi connectivity index (χ1n) is 13.2. The lowest BCUT2D eigenvalue weighted by molar-refractivity contribution is -0.245. The molecule has 7 nitrogen and oxygen atoms in total. The number of esters is 1. The standard InChI is InChI=1S/C29H38ClN3O4/c1-19-22(20-8-7-9-21(31-20)24(35)37-25(2,3)4)23(30)32-33(19)18-28-13-26(5)12-27(6,14-28)16-29(15-26,17-28)36-11-10-34/h7-10H,11-18H2,1-6H3. The molecule has 4 aliphatic carbocycles. The molecule has 4 fully saturated rings. The minimum atomic E-state index is -0.606. The highest BCUT2D eigenvalue weighted by Crippen LogP contribution is 2.72. The number of aldehydes is 1. The summed E-state index contributed by atoms with van der Waals surface area (Å²) in [5, 5.41) is 5.13. The van der Waals surface area contributed by atoms with Crippen LogP contribution in [0.2, 0.25) is 5.15 Å². The summed E-state index contributed by atoms with van der Waals surface area (Å²) in [6.45, 7) is 13.2. The minimum Gasteiger partial charge on any atom is -0.455 e. The van der Waals surface area contributed by atoms with Crippen molar-refractivity contribution in [3.8, 4) is 11.3 Å². The van der Waals surface area contributed by atoms with Gasteiger partial charge in [0.25, 0.3) is 0 Å². The molecule has 2 heterocycles. The van der Waals surface area contributed by atoms with Gasteiger partial charge in [-0.2, -0.15) is 5.10 Å². The summed E-state index contributed by atoms with van der Waals surface area (Å²) < 4.78 is 13.8. The van der Waals surface area contributed by atoms with Gasteiger partial charge < -0.3 is 14.3 Å². The average Bonchev–Trinajstić information content (AvgIpc) is 3.00. The Kier molecular flexibility index (Phi) is 6.15. The van der Waals surface area contributed by atoms with Crippen molar-refractivity contribution in [2.24, 2.45) is 16.2 Å². The van der Waals surface area contributed by atoms with Crippen LogP contribution in [0.4, 0.5) is 0 Å². The van der Waals surface area contributed by atoms with Crippen LogP contribution in [0.3, 0.4) is 0 Å². The Morgan fingerprint density at radius 3 is 2.41 bits per heavy atom. The van der Waals surface area contributed by atoms with E-state index in [4.69, 9.17) is 26.2 Å². The predicted octanol–water partition coefficient (Wildman–Crippen LogP) is 6.20. The van der Waals surface area contributed by atoms with E-state index in [9.17, 15) is 9.59 Å².